The van der Waals surface area contributed by atoms with E-state index >= 15 is 0 Å². The van der Waals surface area contributed by atoms with Crippen LogP contribution >= 0.6 is 0 Å². The van der Waals surface area contributed by atoms with Gasteiger partial charge in [-0.15, -0.1) is 0 Å². The van der Waals surface area contributed by atoms with E-state index < -0.39 is 10.0 Å². The molecule has 0 aromatic carbocycles. The van der Waals surface area contributed by atoms with E-state index in [-0.39, 0.29) is 0 Å². The summed E-state index contributed by atoms with van der Waals surface area (Å²) in [6.07, 6.45) is 4.77. The minimum absolute atomic E-state index is 0.378. The smallest absolute Gasteiger partial charge is 0.208 e. The van der Waals surface area contributed by atoms with Crippen molar-refractivity contribution < 1.29 is 8.42 Å². The molecular weight excluding hydrogens is 240 g/mol. The van der Waals surface area contributed by atoms with Gasteiger partial charge in [-0.05, 0) is 13.8 Å². The number of hydrogen-bond acceptors (Lipinski definition) is 4. The van der Waals surface area contributed by atoms with Crippen LogP contribution < -0.4 is 10.0 Å². The lowest BCUT2D eigenvalue weighted by atomic mass is 10.3. The third kappa shape index (κ3) is 5.29. The fourth-order valence-corrected chi connectivity index (χ4v) is 1.95. The molecule has 0 radical (unpaired) electrons. The van der Waals surface area contributed by atoms with Crippen LogP contribution in [0.4, 0.5) is 0 Å². The van der Waals surface area contributed by atoms with Gasteiger partial charge in [0.1, 0.15) is 0 Å². The molecule has 0 atom stereocenters. The minimum Gasteiger partial charge on any atom is -0.331 e. The summed E-state index contributed by atoms with van der Waals surface area (Å²) in [7, 11) is -3.09. The molecule has 1 aromatic heterocycles. The average molecular weight is 260 g/mol. The Kier molecular flexibility index (Phi) is 5.10. The summed E-state index contributed by atoms with van der Waals surface area (Å²) in [5.74, 6) is 0. The summed E-state index contributed by atoms with van der Waals surface area (Å²) in [6, 6.07) is 0.378. The molecule has 0 saturated heterocycles. The third-order valence-electron chi connectivity index (χ3n) is 2.27. The summed E-state index contributed by atoms with van der Waals surface area (Å²) in [4.78, 5) is 4.09. The molecule has 1 rings (SSSR count). The lowest BCUT2D eigenvalue weighted by Gasteiger charge is -2.12. The molecule has 0 aliphatic carbocycles. The first-order chi connectivity index (χ1) is 7.90. The van der Waals surface area contributed by atoms with Crippen LogP contribution in [0.15, 0.2) is 12.5 Å². The Bertz CT molecular complexity index is 439. The van der Waals surface area contributed by atoms with Gasteiger partial charge in [-0.3, -0.25) is 0 Å². The number of nitrogens with one attached hydrogen (secondary N) is 2. The van der Waals surface area contributed by atoms with E-state index in [0.717, 1.165) is 11.9 Å². The molecule has 0 bridgehead atoms. The second-order valence-electron chi connectivity index (χ2n) is 4.23. The molecule has 0 aliphatic heterocycles. The second-order valence-corrected chi connectivity index (χ2v) is 6.06. The maximum Gasteiger partial charge on any atom is 0.208 e. The molecule has 6 nitrogen and oxygen atoms in total. The van der Waals surface area contributed by atoms with Crippen LogP contribution in [0.5, 0.6) is 0 Å². The molecule has 7 heteroatoms. The van der Waals surface area contributed by atoms with Gasteiger partial charge in [0.2, 0.25) is 10.0 Å². The summed E-state index contributed by atoms with van der Waals surface area (Å²) < 4.78 is 26.1. The maximum absolute atomic E-state index is 10.8. The molecular formula is C10H20N4O2S. The average Bonchev–Trinajstić information content (AvgIpc) is 2.63. The van der Waals surface area contributed by atoms with Gasteiger partial charge in [-0.2, -0.15) is 0 Å². The normalized spacial score (nSPS) is 12.2. The predicted molar refractivity (Wildman–Crippen MR) is 67.2 cm³/mol. The molecule has 17 heavy (non-hydrogen) atoms. The first-order valence-corrected chi connectivity index (χ1v) is 7.45. The SMILES string of the molecule is CC(C)n1cncc1CNCCNS(C)(=O)=O. The van der Waals surface area contributed by atoms with E-state index in [4.69, 9.17) is 0 Å². The van der Waals surface area contributed by atoms with Crippen molar-refractivity contribution in [3.05, 3.63) is 18.2 Å². The van der Waals surface area contributed by atoms with Crippen LogP contribution in [-0.4, -0.2) is 37.3 Å². The zero-order chi connectivity index (χ0) is 12.9. The van der Waals surface area contributed by atoms with Crippen molar-refractivity contribution in [2.45, 2.75) is 26.4 Å². The van der Waals surface area contributed by atoms with Gasteiger partial charge < -0.3 is 9.88 Å². The highest BCUT2D eigenvalue weighted by molar-refractivity contribution is 7.88. The van der Waals surface area contributed by atoms with Crippen molar-refractivity contribution in [1.82, 2.24) is 19.6 Å². The van der Waals surface area contributed by atoms with E-state index in [0.29, 0.717) is 25.7 Å². The highest BCUT2D eigenvalue weighted by atomic mass is 32.2. The van der Waals surface area contributed by atoms with Crippen molar-refractivity contribution in [2.75, 3.05) is 19.3 Å². The molecule has 0 amide bonds. The van der Waals surface area contributed by atoms with Crippen molar-refractivity contribution in [1.29, 1.82) is 0 Å². The number of imidazole rings is 1. The predicted octanol–water partition coefficient (Wildman–Crippen LogP) is 0.103. The Labute approximate surface area is 102 Å². The van der Waals surface area contributed by atoms with Crippen LogP contribution in [0.2, 0.25) is 0 Å². The standard InChI is InChI=1S/C10H20N4O2S/c1-9(2)14-8-12-7-10(14)6-11-4-5-13-17(3,15)16/h7-9,11,13H,4-6H2,1-3H3. The summed E-state index contributed by atoms with van der Waals surface area (Å²) in [6.45, 7) is 5.86. The fourth-order valence-electron chi connectivity index (χ4n) is 1.48. The third-order valence-corrected chi connectivity index (χ3v) is 3.00. The molecule has 0 fully saturated rings. The van der Waals surface area contributed by atoms with E-state index in [2.05, 4.69) is 33.4 Å². The van der Waals surface area contributed by atoms with Crippen molar-refractivity contribution in [3.63, 3.8) is 0 Å². The highest BCUT2D eigenvalue weighted by Gasteiger charge is 2.04. The lowest BCUT2D eigenvalue weighted by Crippen LogP contribution is -2.31. The van der Waals surface area contributed by atoms with Gasteiger partial charge >= 0.3 is 0 Å². The van der Waals surface area contributed by atoms with Crippen LogP contribution in [0.3, 0.4) is 0 Å². The second kappa shape index (κ2) is 6.13. The van der Waals surface area contributed by atoms with Crippen molar-refractivity contribution in [3.8, 4) is 0 Å². The van der Waals surface area contributed by atoms with Crippen molar-refractivity contribution >= 4 is 10.0 Å². The van der Waals surface area contributed by atoms with Gasteiger partial charge in [-0.25, -0.2) is 18.1 Å². The number of hydrogen-bond donors (Lipinski definition) is 2. The number of rotatable bonds is 7. The van der Waals surface area contributed by atoms with Gasteiger partial charge in [-0.1, -0.05) is 0 Å². The topological polar surface area (TPSA) is 76.0 Å². The van der Waals surface area contributed by atoms with E-state index in [1.54, 1.807) is 6.33 Å². The largest absolute Gasteiger partial charge is 0.331 e. The lowest BCUT2D eigenvalue weighted by molar-refractivity contribution is 0.547. The van der Waals surface area contributed by atoms with E-state index in [1.165, 1.54) is 0 Å². The number of sulfonamides is 1. The Balaban J connectivity index is 2.29. The molecule has 0 aliphatic rings. The minimum atomic E-state index is -3.09. The van der Waals surface area contributed by atoms with E-state index in [9.17, 15) is 8.42 Å². The first kappa shape index (κ1) is 14.1. The molecule has 1 aromatic rings. The van der Waals surface area contributed by atoms with Gasteiger partial charge in [0.15, 0.2) is 0 Å². The zero-order valence-corrected chi connectivity index (χ0v) is 11.3. The Hall–Kier alpha value is -0.920. The number of aromatic nitrogens is 2. The molecule has 0 spiro atoms. The van der Waals surface area contributed by atoms with Crippen LogP contribution in [0, 0.1) is 0 Å². The molecule has 1 heterocycles. The summed E-state index contributed by atoms with van der Waals surface area (Å²) in [5.41, 5.74) is 1.10. The summed E-state index contributed by atoms with van der Waals surface area (Å²) >= 11 is 0. The molecule has 0 saturated carbocycles. The summed E-state index contributed by atoms with van der Waals surface area (Å²) in [5, 5.41) is 3.17. The van der Waals surface area contributed by atoms with Gasteiger partial charge in [0.05, 0.1) is 18.3 Å². The highest BCUT2D eigenvalue weighted by Crippen LogP contribution is 2.07. The Morgan fingerprint density at radius 3 is 2.71 bits per heavy atom. The van der Waals surface area contributed by atoms with Crippen LogP contribution in [-0.2, 0) is 16.6 Å². The van der Waals surface area contributed by atoms with Crippen LogP contribution in [0.25, 0.3) is 0 Å². The van der Waals surface area contributed by atoms with Crippen LogP contribution in [0.1, 0.15) is 25.6 Å². The van der Waals surface area contributed by atoms with Gasteiger partial charge in [0.25, 0.3) is 0 Å². The maximum atomic E-state index is 10.8. The monoisotopic (exact) mass is 260 g/mol. The molecule has 2 N–H and O–H groups in total. The Morgan fingerprint density at radius 1 is 1.41 bits per heavy atom. The molecule has 98 valence electrons. The zero-order valence-electron chi connectivity index (χ0n) is 10.5. The quantitative estimate of drug-likeness (QED) is 0.682. The Morgan fingerprint density at radius 2 is 2.12 bits per heavy atom. The number of nitrogens with zero attached hydrogens (tertiary/aromatic N) is 2. The van der Waals surface area contributed by atoms with E-state index in [1.807, 2.05) is 6.20 Å². The fraction of sp³-hybridized carbons (Fsp3) is 0.700. The first-order valence-electron chi connectivity index (χ1n) is 5.56. The molecule has 0 unspecified atom stereocenters. The van der Waals surface area contributed by atoms with Gasteiger partial charge in [0, 0.05) is 31.9 Å². The van der Waals surface area contributed by atoms with Crippen molar-refractivity contribution in [2.24, 2.45) is 0 Å².